The summed E-state index contributed by atoms with van der Waals surface area (Å²) >= 11 is 0. The largest absolute Gasteiger partial charge is 0.298 e. The number of benzene rings is 1. The van der Waals surface area contributed by atoms with Gasteiger partial charge in [0.2, 0.25) is 0 Å². The Morgan fingerprint density at radius 2 is 1.80 bits per heavy atom. The van der Waals surface area contributed by atoms with Gasteiger partial charge in [-0.2, -0.15) is 0 Å². The molecule has 1 aliphatic carbocycles. The van der Waals surface area contributed by atoms with E-state index in [1.165, 1.54) is 12.1 Å². The number of carbonyl (C=O) groups is 1. The van der Waals surface area contributed by atoms with Crippen LogP contribution in [0.15, 0.2) is 24.3 Å². The summed E-state index contributed by atoms with van der Waals surface area (Å²) in [6, 6.07) is 6.34. The number of carbonyl (C=O) groups excluding carboxylic acids is 1. The van der Waals surface area contributed by atoms with E-state index in [9.17, 15) is 9.18 Å². The van der Waals surface area contributed by atoms with Gasteiger partial charge in [-0.05, 0) is 30.5 Å². The second-order valence-electron chi connectivity index (χ2n) is 4.61. The highest BCUT2D eigenvalue weighted by Gasteiger charge is 2.51. The second kappa shape index (κ2) is 3.44. The van der Waals surface area contributed by atoms with Gasteiger partial charge in [0.15, 0.2) is 0 Å². The summed E-state index contributed by atoms with van der Waals surface area (Å²) in [5, 5.41) is 0. The Hall–Kier alpha value is -1.18. The molecule has 1 nitrogen and oxygen atoms in total. The van der Waals surface area contributed by atoms with Gasteiger partial charge in [-0.1, -0.05) is 26.0 Å². The Bertz CT molecular complexity index is 374. The van der Waals surface area contributed by atoms with E-state index in [2.05, 4.69) is 0 Å². The Kier molecular flexibility index (Phi) is 2.37. The molecule has 80 valence electrons. The minimum Gasteiger partial charge on any atom is -0.298 e. The standard InChI is InChI=1S/C13H15FO/c1-9(2)12(15)13(7-8-13)10-3-5-11(14)6-4-10/h3-6,9H,7-8H2,1-2H3. The van der Waals surface area contributed by atoms with Crippen molar-refractivity contribution in [2.75, 3.05) is 0 Å². The van der Waals surface area contributed by atoms with Crippen LogP contribution in [-0.4, -0.2) is 5.78 Å². The third-order valence-electron chi connectivity index (χ3n) is 3.14. The fraction of sp³-hybridized carbons (Fsp3) is 0.462. The molecular formula is C13H15FO. The van der Waals surface area contributed by atoms with Gasteiger partial charge in [0.1, 0.15) is 11.6 Å². The first-order valence-corrected chi connectivity index (χ1v) is 5.36. The van der Waals surface area contributed by atoms with Crippen molar-refractivity contribution in [1.29, 1.82) is 0 Å². The van der Waals surface area contributed by atoms with Crippen LogP contribution in [0.2, 0.25) is 0 Å². The Balaban J connectivity index is 2.30. The van der Waals surface area contributed by atoms with Crippen molar-refractivity contribution in [2.24, 2.45) is 5.92 Å². The van der Waals surface area contributed by atoms with Crippen molar-refractivity contribution in [1.82, 2.24) is 0 Å². The van der Waals surface area contributed by atoms with E-state index < -0.39 is 0 Å². The molecule has 0 radical (unpaired) electrons. The maximum absolute atomic E-state index is 12.8. The Morgan fingerprint density at radius 3 is 2.20 bits per heavy atom. The van der Waals surface area contributed by atoms with Crippen LogP contribution >= 0.6 is 0 Å². The van der Waals surface area contributed by atoms with E-state index in [4.69, 9.17) is 0 Å². The molecule has 0 amide bonds. The number of hydrogen-bond donors (Lipinski definition) is 0. The molecule has 2 heteroatoms. The first-order chi connectivity index (χ1) is 7.06. The molecule has 15 heavy (non-hydrogen) atoms. The number of ketones is 1. The summed E-state index contributed by atoms with van der Waals surface area (Å²) in [5.74, 6) is 0.0956. The molecule has 0 aliphatic heterocycles. The lowest BCUT2D eigenvalue weighted by molar-refractivity contribution is -0.124. The second-order valence-corrected chi connectivity index (χ2v) is 4.61. The molecule has 2 rings (SSSR count). The van der Waals surface area contributed by atoms with Gasteiger partial charge in [-0.3, -0.25) is 4.79 Å². The minimum absolute atomic E-state index is 0.0533. The maximum atomic E-state index is 12.8. The van der Waals surface area contributed by atoms with E-state index in [0.29, 0.717) is 0 Å². The van der Waals surface area contributed by atoms with E-state index in [0.717, 1.165) is 18.4 Å². The van der Waals surface area contributed by atoms with Gasteiger partial charge >= 0.3 is 0 Å². The third kappa shape index (κ3) is 1.69. The molecule has 1 saturated carbocycles. The van der Waals surface area contributed by atoms with Crippen LogP contribution in [0.3, 0.4) is 0 Å². The molecule has 0 aromatic heterocycles. The summed E-state index contributed by atoms with van der Waals surface area (Å²) in [4.78, 5) is 12.0. The zero-order valence-corrected chi connectivity index (χ0v) is 9.09. The molecule has 1 aromatic carbocycles. The van der Waals surface area contributed by atoms with Crippen molar-refractivity contribution in [3.05, 3.63) is 35.6 Å². The average Bonchev–Trinajstić information content (AvgIpc) is 2.99. The highest BCUT2D eigenvalue weighted by molar-refractivity contribution is 5.94. The zero-order valence-electron chi connectivity index (χ0n) is 9.09. The van der Waals surface area contributed by atoms with Crippen molar-refractivity contribution >= 4 is 5.78 Å². The molecule has 0 bridgehead atoms. The third-order valence-corrected chi connectivity index (χ3v) is 3.14. The molecule has 0 saturated heterocycles. The van der Waals surface area contributed by atoms with E-state index >= 15 is 0 Å². The average molecular weight is 206 g/mol. The van der Waals surface area contributed by atoms with Gasteiger partial charge in [0, 0.05) is 5.92 Å². The van der Waals surface area contributed by atoms with Gasteiger partial charge in [0.25, 0.3) is 0 Å². The smallest absolute Gasteiger partial charge is 0.145 e. The molecule has 0 spiro atoms. The normalized spacial score (nSPS) is 17.9. The molecular weight excluding hydrogens is 191 g/mol. The fourth-order valence-electron chi connectivity index (χ4n) is 2.12. The van der Waals surface area contributed by atoms with Crippen LogP contribution < -0.4 is 0 Å². The van der Waals surface area contributed by atoms with Gasteiger partial charge in [0.05, 0.1) is 5.41 Å². The van der Waals surface area contributed by atoms with Crippen molar-refractivity contribution < 1.29 is 9.18 Å². The lowest BCUT2D eigenvalue weighted by Gasteiger charge is -2.16. The summed E-state index contributed by atoms with van der Waals surface area (Å²) in [7, 11) is 0. The predicted octanol–water partition coefficient (Wildman–Crippen LogP) is 3.08. The van der Waals surface area contributed by atoms with Crippen molar-refractivity contribution in [3.8, 4) is 0 Å². The number of hydrogen-bond acceptors (Lipinski definition) is 1. The summed E-state index contributed by atoms with van der Waals surface area (Å²) < 4.78 is 12.8. The molecule has 0 unspecified atom stereocenters. The van der Waals surface area contributed by atoms with Gasteiger partial charge < -0.3 is 0 Å². The summed E-state index contributed by atoms with van der Waals surface area (Å²) in [6.07, 6.45) is 1.82. The van der Waals surface area contributed by atoms with Crippen LogP contribution in [0, 0.1) is 11.7 Å². The van der Waals surface area contributed by atoms with Crippen LogP contribution in [0.1, 0.15) is 32.3 Å². The highest BCUT2D eigenvalue weighted by Crippen LogP contribution is 2.50. The van der Waals surface area contributed by atoms with E-state index in [-0.39, 0.29) is 22.9 Å². The van der Waals surface area contributed by atoms with Crippen LogP contribution in [0.5, 0.6) is 0 Å². The fourth-order valence-corrected chi connectivity index (χ4v) is 2.12. The molecule has 0 atom stereocenters. The van der Waals surface area contributed by atoms with E-state index in [1.807, 2.05) is 13.8 Å². The number of halogens is 1. The lowest BCUT2D eigenvalue weighted by atomic mass is 9.86. The van der Waals surface area contributed by atoms with Crippen molar-refractivity contribution in [2.45, 2.75) is 32.1 Å². The molecule has 1 aliphatic rings. The number of rotatable bonds is 3. The zero-order chi connectivity index (χ0) is 11.1. The van der Waals surface area contributed by atoms with Crippen LogP contribution in [0.4, 0.5) is 4.39 Å². The topological polar surface area (TPSA) is 17.1 Å². The predicted molar refractivity (Wildman–Crippen MR) is 57.2 cm³/mol. The van der Waals surface area contributed by atoms with Crippen molar-refractivity contribution in [3.63, 3.8) is 0 Å². The molecule has 1 fully saturated rings. The minimum atomic E-state index is -0.290. The first-order valence-electron chi connectivity index (χ1n) is 5.36. The number of Topliss-reactive ketones (excluding diaryl/α,β-unsaturated/α-hetero) is 1. The van der Waals surface area contributed by atoms with Gasteiger partial charge in [-0.15, -0.1) is 0 Å². The summed E-state index contributed by atoms with van der Waals surface area (Å²) in [6.45, 7) is 3.85. The maximum Gasteiger partial charge on any atom is 0.145 e. The Labute approximate surface area is 89.3 Å². The van der Waals surface area contributed by atoms with Crippen LogP contribution in [-0.2, 0) is 10.2 Å². The summed E-state index contributed by atoms with van der Waals surface area (Å²) in [5.41, 5.74) is 0.685. The molecule has 0 heterocycles. The van der Waals surface area contributed by atoms with E-state index in [1.54, 1.807) is 12.1 Å². The lowest BCUT2D eigenvalue weighted by Crippen LogP contribution is -2.25. The molecule has 1 aromatic rings. The molecule has 0 N–H and O–H groups in total. The Morgan fingerprint density at radius 1 is 1.27 bits per heavy atom. The quantitative estimate of drug-likeness (QED) is 0.742. The van der Waals surface area contributed by atoms with Gasteiger partial charge in [-0.25, -0.2) is 4.39 Å². The SMILES string of the molecule is CC(C)C(=O)C1(c2ccc(F)cc2)CC1. The highest BCUT2D eigenvalue weighted by atomic mass is 19.1. The first kappa shape index (κ1) is 10.3. The van der Waals surface area contributed by atoms with Crippen LogP contribution in [0.25, 0.3) is 0 Å². The monoisotopic (exact) mass is 206 g/mol.